The molecule has 0 aliphatic carbocycles. The van der Waals surface area contributed by atoms with Crippen molar-refractivity contribution in [3.8, 4) is 0 Å². The zero-order chi connectivity index (χ0) is 10.4. The van der Waals surface area contributed by atoms with Gasteiger partial charge in [0.15, 0.2) is 0 Å². The van der Waals surface area contributed by atoms with Gasteiger partial charge in [-0.2, -0.15) is 10.1 Å². The summed E-state index contributed by atoms with van der Waals surface area (Å²) in [6.07, 6.45) is 0.707. The predicted molar refractivity (Wildman–Crippen MR) is 51.7 cm³/mol. The molecule has 1 aliphatic rings. The van der Waals surface area contributed by atoms with Gasteiger partial charge >= 0.3 is 0 Å². The van der Waals surface area contributed by atoms with Gasteiger partial charge in [0.1, 0.15) is 5.82 Å². The lowest BCUT2D eigenvalue weighted by Gasteiger charge is -2.15. The van der Waals surface area contributed by atoms with Gasteiger partial charge in [-0.15, -0.1) is 0 Å². The van der Waals surface area contributed by atoms with Crippen LogP contribution in [0.2, 0.25) is 0 Å². The Morgan fingerprint density at radius 1 is 1.53 bits per heavy atom. The van der Waals surface area contributed by atoms with E-state index >= 15 is 0 Å². The summed E-state index contributed by atoms with van der Waals surface area (Å²) in [4.78, 5) is 18.5. The van der Waals surface area contributed by atoms with Gasteiger partial charge in [-0.05, 0) is 6.92 Å². The van der Waals surface area contributed by atoms with E-state index in [9.17, 15) is 4.79 Å². The number of aryl methyl sites for hydroxylation is 1. The Hall–Kier alpha value is -1.69. The first-order chi connectivity index (χ1) is 7.25. The van der Waals surface area contributed by atoms with Crippen LogP contribution in [-0.2, 0) is 17.8 Å². The zero-order valence-electron chi connectivity index (χ0n) is 8.28. The number of nitrogens with zero attached hydrogens (tertiary/aromatic N) is 3. The molecule has 6 heteroatoms. The highest BCUT2D eigenvalue weighted by molar-refractivity contribution is 5.33. The monoisotopic (exact) mass is 206 g/mol. The minimum atomic E-state index is -0.121. The first kappa shape index (κ1) is 8.60. The van der Waals surface area contributed by atoms with Gasteiger partial charge in [0, 0.05) is 6.42 Å². The molecule has 0 amide bonds. The third kappa shape index (κ3) is 1.18. The molecule has 3 heterocycles. The van der Waals surface area contributed by atoms with Crippen LogP contribution in [0.5, 0.6) is 0 Å². The second-order valence-electron chi connectivity index (χ2n) is 3.58. The molecule has 6 nitrogen and oxygen atoms in total. The number of H-pyrrole nitrogens is 1. The Balaban J connectivity index is 2.43. The second kappa shape index (κ2) is 2.90. The van der Waals surface area contributed by atoms with Gasteiger partial charge in [-0.3, -0.25) is 9.78 Å². The van der Waals surface area contributed by atoms with Crippen molar-refractivity contribution in [2.24, 2.45) is 0 Å². The molecule has 1 N–H and O–H groups in total. The molecule has 2 aromatic rings. The van der Waals surface area contributed by atoms with Crippen LogP contribution in [0.3, 0.4) is 0 Å². The van der Waals surface area contributed by atoms with Gasteiger partial charge in [0.25, 0.3) is 5.56 Å². The van der Waals surface area contributed by atoms with Crippen molar-refractivity contribution in [3.63, 3.8) is 0 Å². The topological polar surface area (TPSA) is 72.3 Å². The molecule has 0 saturated heterocycles. The van der Waals surface area contributed by atoms with Crippen LogP contribution < -0.4 is 5.56 Å². The average Bonchev–Trinajstić information content (AvgIpc) is 2.59. The van der Waals surface area contributed by atoms with Crippen molar-refractivity contribution in [2.75, 3.05) is 6.61 Å². The Kier molecular flexibility index (Phi) is 1.66. The van der Waals surface area contributed by atoms with Crippen LogP contribution in [0.15, 0.2) is 4.79 Å². The molecule has 0 aromatic carbocycles. The van der Waals surface area contributed by atoms with Gasteiger partial charge < -0.3 is 4.74 Å². The predicted octanol–water partition coefficient (Wildman–Crippen LogP) is -0.201. The van der Waals surface area contributed by atoms with E-state index in [4.69, 9.17) is 4.74 Å². The normalized spacial score (nSPS) is 15.5. The quantitative estimate of drug-likeness (QED) is 0.647. The molecule has 15 heavy (non-hydrogen) atoms. The first-order valence-corrected chi connectivity index (χ1v) is 4.81. The molecule has 78 valence electrons. The lowest BCUT2D eigenvalue weighted by molar-refractivity contribution is 0.107. The fraction of sp³-hybridized carbons (Fsp3) is 0.444. The van der Waals surface area contributed by atoms with E-state index in [-0.39, 0.29) is 5.56 Å². The SMILES string of the molecule is Cc1nc2[nH]c(=O)c3c(n2n1)CCOC3. The summed E-state index contributed by atoms with van der Waals surface area (Å²) in [7, 11) is 0. The van der Waals surface area contributed by atoms with E-state index in [1.54, 1.807) is 11.4 Å². The number of hydrogen-bond donors (Lipinski definition) is 1. The summed E-state index contributed by atoms with van der Waals surface area (Å²) in [5.41, 5.74) is 1.46. The minimum absolute atomic E-state index is 0.121. The molecular formula is C9H10N4O2. The molecule has 0 radical (unpaired) electrons. The molecule has 0 bridgehead atoms. The Labute approximate surface area is 84.9 Å². The number of rotatable bonds is 0. The first-order valence-electron chi connectivity index (χ1n) is 4.81. The smallest absolute Gasteiger partial charge is 0.258 e. The van der Waals surface area contributed by atoms with Crippen LogP contribution >= 0.6 is 0 Å². The van der Waals surface area contributed by atoms with Gasteiger partial charge in [-0.25, -0.2) is 4.52 Å². The minimum Gasteiger partial charge on any atom is -0.376 e. The maximum Gasteiger partial charge on any atom is 0.258 e. The van der Waals surface area contributed by atoms with Crippen molar-refractivity contribution in [2.45, 2.75) is 20.0 Å². The summed E-state index contributed by atoms with van der Waals surface area (Å²) in [6.45, 7) is 2.79. The van der Waals surface area contributed by atoms with Crippen molar-refractivity contribution in [1.29, 1.82) is 0 Å². The molecule has 0 atom stereocenters. The maximum absolute atomic E-state index is 11.7. The van der Waals surface area contributed by atoms with Crippen LogP contribution in [0.4, 0.5) is 0 Å². The van der Waals surface area contributed by atoms with E-state index in [1.165, 1.54) is 0 Å². The summed E-state index contributed by atoms with van der Waals surface area (Å²) in [6, 6.07) is 0. The van der Waals surface area contributed by atoms with E-state index in [0.29, 0.717) is 36.8 Å². The molecule has 0 spiro atoms. The van der Waals surface area contributed by atoms with Crippen LogP contribution in [0.1, 0.15) is 17.1 Å². The van der Waals surface area contributed by atoms with Gasteiger partial charge in [0.2, 0.25) is 5.78 Å². The highest BCUT2D eigenvalue weighted by Gasteiger charge is 2.18. The number of aromatic nitrogens is 4. The number of hydrogen-bond acceptors (Lipinski definition) is 4. The Morgan fingerprint density at radius 3 is 3.27 bits per heavy atom. The lowest BCUT2D eigenvalue weighted by atomic mass is 10.1. The molecule has 0 saturated carbocycles. The standard InChI is InChI=1S/C9H10N4O2/c1-5-10-9-11-8(14)6-4-15-3-2-7(6)13(9)12-5/h2-4H2,1H3,(H,10,11,12,14). The molecule has 0 unspecified atom stereocenters. The maximum atomic E-state index is 11.7. The number of ether oxygens (including phenoxy) is 1. The fourth-order valence-corrected chi connectivity index (χ4v) is 1.87. The van der Waals surface area contributed by atoms with E-state index < -0.39 is 0 Å². The molecular weight excluding hydrogens is 196 g/mol. The number of nitrogens with one attached hydrogen (secondary N) is 1. The molecule has 2 aromatic heterocycles. The highest BCUT2D eigenvalue weighted by atomic mass is 16.5. The highest BCUT2D eigenvalue weighted by Crippen LogP contribution is 2.12. The van der Waals surface area contributed by atoms with Crippen LogP contribution in [-0.4, -0.2) is 26.2 Å². The third-order valence-corrected chi connectivity index (χ3v) is 2.55. The van der Waals surface area contributed by atoms with E-state index in [1.807, 2.05) is 0 Å². The average molecular weight is 206 g/mol. The van der Waals surface area contributed by atoms with Crippen LogP contribution in [0.25, 0.3) is 5.78 Å². The summed E-state index contributed by atoms with van der Waals surface area (Å²) >= 11 is 0. The van der Waals surface area contributed by atoms with Crippen molar-refractivity contribution < 1.29 is 4.74 Å². The second-order valence-corrected chi connectivity index (χ2v) is 3.58. The Bertz CT molecular complexity index is 584. The van der Waals surface area contributed by atoms with Gasteiger partial charge in [-0.1, -0.05) is 0 Å². The third-order valence-electron chi connectivity index (χ3n) is 2.55. The van der Waals surface area contributed by atoms with Crippen LogP contribution in [0, 0.1) is 6.92 Å². The lowest BCUT2D eigenvalue weighted by Crippen LogP contribution is -2.25. The largest absolute Gasteiger partial charge is 0.376 e. The zero-order valence-corrected chi connectivity index (χ0v) is 8.28. The van der Waals surface area contributed by atoms with Gasteiger partial charge in [0.05, 0.1) is 24.5 Å². The summed E-state index contributed by atoms with van der Waals surface area (Å²) in [5.74, 6) is 1.17. The molecule has 3 rings (SSSR count). The van der Waals surface area contributed by atoms with Crippen molar-refractivity contribution >= 4 is 5.78 Å². The Morgan fingerprint density at radius 2 is 2.40 bits per heavy atom. The number of fused-ring (bicyclic) bond motifs is 3. The van der Waals surface area contributed by atoms with E-state index in [2.05, 4.69) is 15.1 Å². The molecule has 0 fully saturated rings. The van der Waals surface area contributed by atoms with Crippen molar-refractivity contribution in [3.05, 3.63) is 27.4 Å². The number of aromatic amines is 1. The summed E-state index contributed by atoms with van der Waals surface area (Å²) in [5, 5.41) is 4.25. The summed E-state index contributed by atoms with van der Waals surface area (Å²) < 4.78 is 6.95. The fourth-order valence-electron chi connectivity index (χ4n) is 1.87. The van der Waals surface area contributed by atoms with E-state index in [0.717, 1.165) is 5.69 Å². The van der Waals surface area contributed by atoms with Crippen molar-refractivity contribution in [1.82, 2.24) is 19.6 Å². The molecule has 1 aliphatic heterocycles.